The predicted molar refractivity (Wildman–Crippen MR) is 140 cm³/mol. The monoisotopic (exact) mass is 510 g/mol. The van der Waals surface area contributed by atoms with Crippen molar-refractivity contribution in [2.24, 2.45) is 5.92 Å². The van der Waals surface area contributed by atoms with E-state index < -0.39 is 0 Å². The summed E-state index contributed by atoms with van der Waals surface area (Å²) < 4.78 is 3.54. The lowest BCUT2D eigenvalue weighted by Gasteiger charge is -2.06. The first-order valence-corrected chi connectivity index (χ1v) is 12.8. The number of para-hydroxylation sites is 1. The van der Waals surface area contributed by atoms with E-state index in [0.717, 1.165) is 34.1 Å². The second kappa shape index (κ2) is 9.55. The molecule has 1 saturated carbocycles. The molecule has 3 heterocycles. The summed E-state index contributed by atoms with van der Waals surface area (Å²) in [5.74, 6) is 0.409. The van der Waals surface area contributed by atoms with Crippen LogP contribution in [0.1, 0.15) is 29.0 Å². The Hall–Kier alpha value is -4.44. The third-order valence-electron chi connectivity index (χ3n) is 6.01. The highest BCUT2D eigenvalue weighted by molar-refractivity contribution is 7.99. The zero-order chi connectivity index (χ0) is 25.4. The normalized spacial score (nSPS) is 13.0. The van der Waals surface area contributed by atoms with Gasteiger partial charge in [-0.3, -0.25) is 9.59 Å². The van der Waals surface area contributed by atoms with Gasteiger partial charge in [-0.2, -0.15) is 10.2 Å². The molecule has 10 heteroatoms. The number of aryl methyl sites for hydroxylation is 1. The van der Waals surface area contributed by atoms with Gasteiger partial charge in [-0.1, -0.05) is 40.7 Å². The fourth-order valence-corrected chi connectivity index (χ4v) is 4.82. The van der Waals surface area contributed by atoms with Gasteiger partial charge in [0.2, 0.25) is 17.3 Å². The van der Waals surface area contributed by atoms with Gasteiger partial charge in [0.05, 0.1) is 6.20 Å². The van der Waals surface area contributed by atoms with Crippen LogP contribution in [0.2, 0.25) is 0 Å². The highest BCUT2D eigenvalue weighted by atomic mass is 32.2. The molecule has 2 aromatic carbocycles. The van der Waals surface area contributed by atoms with Gasteiger partial charge in [-0.25, -0.2) is 9.50 Å². The van der Waals surface area contributed by atoms with E-state index in [9.17, 15) is 9.59 Å². The van der Waals surface area contributed by atoms with E-state index in [4.69, 9.17) is 0 Å². The number of amides is 2. The number of fused-ring (bicyclic) bond motifs is 1. The van der Waals surface area contributed by atoms with Crippen LogP contribution in [0.3, 0.4) is 0 Å². The number of hydrogen-bond donors (Lipinski definition) is 3. The molecule has 1 aliphatic carbocycles. The molecule has 184 valence electrons. The lowest BCUT2D eigenvalue weighted by atomic mass is 10.3. The summed E-state index contributed by atoms with van der Waals surface area (Å²) in [6, 6.07) is 23.0. The molecule has 37 heavy (non-hydrogen) atoms. The van der Waals surface area contributed by atoms with E-state index in [1.165, 1.54) is 11.8 Å². The number of nitrogens with zero attached hydrogens (tertiary/aromatic N) is 4. The summed E-state index contributed by atoms with van der Waals surface area (Å²) in [7, 11) is 0. The molecule has 1 aliphatic rings. The second-order valence-electron chi connectivity index (χ2n) is 8.93. The van der Waals surface area contributed by atoms with E-state index in [1.54, 1.807) is 10.7 Å². The summed E-state index contributed by atoms with van der Waals surface area (Å²) in [4.78, 5) is 30.3. The van der Waals surface area contributed by atoms with Crippen molar-refractivity contribution in [3.63, 3.8) is 0 Å². The minimum atomic E-state index is -0.223. The Morgan fingerprint density at radius 1 is 1.03 bits per heavy atom. The largest absolute Gasteiger partial charge is 0.321 e. The van der Waals surface area contributed by atoms with Gasteiger partial charge in [0.15, 0.2) is 17.2 Å². The number of imidazole rings is 1. The number of hydrogen-bond acceptors (Lipinski definition) is 5. The minimum Gasteiger partial charge on any atom is -0.321 e. The van der Waals surface area contributed by atoms with Crippen LogP contribution in [0.25, 0.3) is 11.3 Å². The van der Waals surface area contributed by atoms with Crippen LogP contribution in [0.5, 0.6) is 0 Å². The van der Waals surface area contributed by atoms with Crippen molar-refractivity contribution in [3.8, 4) is 5.69 Å². The second-order valence-corrected chi connectivity index (χ2v) is 10.0. The van der Waals surface area contributed by atoms with Gasteiger partial charge < -0.3 is 10.6 Å². The number of rotatable bonds is 7. The SMILES string of the molecule is Cc1cc(C(=O)Nc2cccc(Sc3ccc4nc(NC(=O)C5CC5)cn4n3)c2)[nH][n+]1-c1ccccc1. The van der Waals surface area contributed by atoms with Crippen LogP contribution in [0.4, 0.5) is 11.5 Å². The van der Waals surface area contributed by atoms with Gasteiger partial charge in [0, 0.05) is 41.6 Å². The Bertz CT molecular complexity index is 1620. The number of H-pyrrole nitrogens is 1. The Kier molecular flexibility index (Phi) is 5.93. The highest BCUT2D eigenvalue weighted by Crippen LogP contribution is 2.31. The third-order valence-corrected chi connectivity index (χ3v) is 6.92. The van der Waals surface area contributed by atoms with Gasteiger partial charge in [-0.05, 0) is 43.2 Å². The summed E-state index contributed by atoms with van der Waals surface area (Å²) in [6.07, 6.45) is 3.60. The number of benzene rings is 2. The molecular weight excluding hydrogens is 486 g/mol. The Balaban J connectivity index is 1.15. The molecule has 3 aromatic heterocycles. The summed E-state index contributed by atoms with van der Waals surface area (Å²) in [6.45, 7) is 1.95. The fourth-order valence-electron chi connectivity index (χ4n) is 3.99. The Morgan fingerprint density at radius 3 is 2.68 bits per heavy atom. The molecule has 0 unspecified atom stereocenters. The first kappa shape index (κ1) is 23.0. The van der Waals surface area contributed by atoms with Gasteiger partial charge in [0.1, 0.15) is 5.03 Å². The van der Waals surface area contributed by atoms with Crippen molar-refractivity contribution in [1.29, 1.82) is 0 Å². The van der Waals surface area contributed by atoms with Crippen molar-refractivity contribution in [2.75, 3.05) is 10.6 Å². The van der Waals surface area contributed by atoms with Crippen LogP contribution in [-0.2, 0) is 4.79 Å². The van der Waals surface area contributed by atoms with E-state index in [-0.39, 0.29) is 17.7 Å². The van der Waals surface area contributed by atoms with E-state index in [1.807, 2.05) is 84.4 Å². The van der Waals surface area contributed by atoms with Crippen molar-refractivity contribution < 1.29 is 14.3 Å². The smallest absolute Gasteiger partial charge is 0.277 e. The molecule has 9 nitrogen and oxygen atoms in total. The standard InChI is InChI=1S/C27H23N7O2S/c1-17-14-22(31-34(17)20-7-3-2-4-8-20)27(36)28-19-6-5-9-21(15-19)37-25-13-12-24-29-23(16-33(24)32-25)30-26(35)18-10-11-18/h2-9,12-16,18H,10-11H2,1H3,(H2,28,30,35,36)/p+1. The molecule has 3 N–H and O–H groups in total. The number of aromatic amines is 1. The van der Waals surface area contributed by atoms with E-state index in [2.05, 4.69) is 25.8 Å². The van der Waals surface area contributed by atoms with Crippen molar-refractivity contribution in [1.82, 2.24) is 19.7 Å². The maximum atomic E-state index is 12.9. The Labute approximate surface area is 216 Å². The van der Waals surface area contributed by atoms with Crippen molar-refractivity contribution >= 4 is 40.7 Å². The number of aromatic nitrogens is 5. The lowest BCUT2D eigenvalue weighted by Crippen LogP contribution is -2.35. The maximum Gasteiger partial charge on any atom is 0.277 e. The molecule has 2 amide bonds. The van der Waals surface area contributed by atoms with Crippen LogP contribution in [-0.4, -0.2) is 31.5 Å². The maximum absolute atomic E-state index is 12.9. The molecule has 5 aromatic rings. The van der Waals surface area contributed by atoms with E-state index >= 15 is 0 Å². The number of nitrogens with one attached hydrogen (secondary N) is 3. The summed E-state index contributed by atoms with van der Waals surface area (Å²) >= 11 is 1.47. The molecule has 6 rings (SSSR count). The summed E-state index contributed by atoms with van der Waals surface area (Å²) in [5.41, 5.74) is 3.69. The fraction of sp³-hybridized carbons (Fsp3) is 0.148. The highest BCUT2D eigenvalue weighted by Gasteiger charge is 2.30. The average Bonchev–Trinajstić information content (AvgIpc) is 3.57. The van der Waals surface area contributed by atoms with Gasteiger partial charge >= 0.3 is 0 Å². The Morgan fingerprint density at radius 2 is 1.86 bits per heavy atom. The topological polar surface area (TPSA) is 108 Å². The first-order valence-electron chi connectivity index (χ1n) is 12.0. The summed E-state index contributed by atoms with van der Waals surface area (Å²) in [5, 5.41) is 14.4. The number of anilines is 2. The van der Waals surface area contributed by atoms with Crippen molar-refractivity contribution in [3.05, 3.63) is 90.4 Å². The molecule has 1 fully saturated rings. The molecule has 0 saturated heterocycles. The molecule has 0 atom stereocenters. The van der Waals surface area contributed by atoms with Crippen LogP contribution >= 0.6 is 11.8 Å². The van der Waals surface area contributed by atoms with Crippen LogP contribution < -0.4 is 15.3 Å². The molecular formula is C27H24N7O2S+. The first-order chi connectivity index (χ1) is 18.0. The zero-order valence-corrected chi connectivity index (χ0v) is 20.8. The molecule has 0 bridgehead atoms. The molecule has 0 spiro atoms. The van der Waals surface area contributed by atoms with E-state index in [0.29, 0.717) is 22.8 Å². The van der Waals surface area contributed by atoms with Gasteiger partial charge in [-0.15, -0.1) is 0 Å². The third kappa shape index (κ3) is 5.10. The van der Waals surface area contributed by atoms with Crippen LogP contribution in [0, 0.1) is 12.8 Å². The van der Waals surface area contributed by atoms with Crippen molar-refractivity contribution in [2.45, 2.75) is 29.7 Å². The predicted octanol–water partition coefficient (Wildman–Crippen LogP) is 4.39. The average molecular weight is 511 g/mol. The lowest BCUT2D eigenvalue weighted by molar-refractivity contribution is -0.661. The molecule has 0 radical (unpaired) electrons. The quantitative estimate of drug-likeness (QED) is 0.282. The van der Waals surface area contributed by atoms with Gasteiger partial charge in [0.25, 0.3) is 5.91 Å². The zero-order valence-electron chi connectivity index (χ0n) is 20.0. The number of carbonyl (C=O) groups is 2. The molecule has 0 aliphatic heterocycles. The minimum absolute atomic E-state index is 0.0151. The number of carbonyl (C=O) groups excluding carboxylic acids is 2. The van der Waals surface area contributed by atoms with Crippen LogP contribution in [0.15, 0.2) is 88.9 Å².